The van der Waals surface area contributed by atoms with Gasteiger partial charge in [0.25, 0.3) is 0 Å². The van der Waals surface area contributed by atoms with Crippen molar-refractivity contribution in [3.05, 3.63) is 70.8 Å². The molecule has 2 fully saturated rings. The first-order valence-electron chi connectivity index (χ1n) is 15.5. The molecule has 0 saturated carbocycles. The van der Waals surface area contributed by atoms with E-state index in [2.05, 4.69) is 23.6 Å². The molecule has 2 aliphatic heterocycles. The van der Waals surface area contributed by atoms with Gasteiger partial charge in [-0.05, 0) is 114 Å². The number of halogens is 1. The summed E-state index contributed by atoms with van der Waals surface area (Å²) in [5, 5.41) is 0. The van der Waals surface area contributed by atoms with Gasteiger partial charge in [0.1, 0.15) is 0 Å². The minimum atomic E-state index is -0.248. The van der Waals surface area contributed by atoms with Crippen LogP contribution in [-0.4, -0.2) is 73.2 Å². The molecule has 0 N–H and O–H groups in total. The van der Waals surface area contributed by atoms with E-state index < -0.39 is 0 Å². The monoisotopic (exact) mass is 584 g/mol. The van der Waals surface area contributed by atoms with E-state index in [0.717, 1.165) is 51.9 Å². The predicted octanol–water partition coefficient (Wildman–Crippen LogP) is 6.74. The van der Waals surface area contributed by atoms with Crippen molar-refractivity contribution >= 4 is 24.3 Å². The molecule has 2 saturated heterocycles. The van der Waals surface area contributed by atoms with Crippen molar-refractivity contribution in [1.29, 1.82) is 0 Å². The molecule has 0 radical (unpaired) electrons. The van der Waals surface area contributed by atoms with Crippen LogP contribution >= 0.6 is 12.4 Å². The van der Waals surface area contributed by atoms with E-state index in [1.807, 2.05) is 48.5 Å². The number of nitrogens with zero attached hydrogens (tertiary/aromatic N) is 2. The molecule has 6 nitrogen and oxygen atoms in total. The van der Waals surface area contributed by atoms with Crippen LogP contribution in [0.4, 0.5) is 0 Å². The van der Waals surface area contributed by atoms with Crippen molar-refractivity contribution in [2.45, 2.75) is 90.1 Å². The largest absolute Gasteiger partial charge is 0.462 e. The maximum absolute atomic E-state index is 12.4. The first kappa shape index (κ1) is 33.1. The molecule has 2 aromatic rings. The Morgan fingerprint density at radius 1 is 0.659 bits per heavy atom. The Labute approximate surface area is 253 Å². The minimum Gasteiger partial charge on any atom is -0.462 e. The fraction of sp³-hybridized carbons (Fsp3) is 0.588. The summed E-state index contributed by atoms with van der Waals surface area (Å²) in [7, 11) is 0. The Bertz CT molecular complexity index is 974. The molecule has 2 atom stereocenters. The number of aryl methyl sites for hydroxylation is 2. The van der Waals surface area contributed by atoms with Crippen LogP contribution in [0.3, 0.4) is 0 Å². The molecule has 226 valence electrons. The summed E-state index contributed by atoms with van der Waals surface area (Å²) in [5.41, 5.74) is 3.54. The highest BCUT2D eigenvalue weighted by Crippen LogP contribution is 2.18. The minimum absolute atomic E-state index is 0. The van der Waals surface area contributed by atoms with Gasteiger partial charge >= 0.3 is 11.9 Å². The summed E-state index contributed by atoms with van der Waals surface area (Å²) in [4.78, 5) is 29.9. The molecule has 0 aliphatic carbocycles. The van der Waals surface area contributed by atoms with E-state index in [4.69, 9.17) is 9.47 Å². The number of ether oxygens (including phenoxy) is 2. The van der Waals surface area contributed by atoms with Gasteiger partial charge in [-0.3, -0.25) is 0 Å². The normalized spacial score (nSPS) is 19.8. The second kappa shape index (κ2) is 17.5. The Morgan fingerprint density at radius 3 is 1.41 bits per heavy atom. The third-order valence-corrected chi connectivity index (χ3v) is 8.61. The zero-order chi connectivity index (χ0) is 28.2. The van der Waals surface area contributed by atoms with Gasteiger partial charge in [-0.25, -0.2) is 9.59 Å². The molecule has 2 aromatic carbocycles. The van der Waals surface area contributed by atoms with Crippen molar-refractivity contribution in [1.82, 2.24) is 9.80 Å². The maximum atomic E-state index is 12.4. The van der Waals surface area contributed by atoms with Crippen LogP contribution in [0.5, 0.6) is 0 Å². The first-order valence-corrected chi connectivity index (χ1v) is 15.5. The van der Waals surface area contributed by atoms with Gasteiger partial charge in [-0.15, -0.1) is 12.4 Å². The SMILES string of the molecule is CC1CCCCN1CCCOC(=O)c1ccc(CCc2ccc(C(=O)OCCCN3CCCCC3C)cc2)cc1.Cl. The Morgan fingerprint density at radius 2 is 1.05 bits per heavy atom. The molecule has 4 rings (SSSR count). The molecule has 0 bridgehead atoms. The van der Waals surface area contributed by atoms with Crippen LogP contribution in [0, 0.1) is 0 Å². The Balaban J connectivity index is 0.00000462. The van der Waals surface area contributed by atoms with E-state index >= 15 is 0 Å². The van der Waals surface area contributed by atoms with Gasteiger partial charge in [0, 0.05) is 25.2 Å². The van der Waals surface area contributed by atoms with E-state index in [9.17, 15) is 9.59 Å². The van der Waals surface area contributed by atoms with Gasteiger partial charge in [0.05, 0.1) is 24.3 Å². The smallest absolute Gasteiger partial charge is 0.338 e. The number of likely N-dealkylation sites (tertiary alicyclic amines) is 2. The van der Waals surface area contributed by atoms with Crippen LogP contribution < -0.4 is 0 Å². The lowest BCUT2D eigenvalue weighted by molar-refractivity contribution is 0.0466. The lowest BCUT2D eigenvalue weighted by Gasteiger charge is -2.33. The third kappa shape index (κ3) is 10.7. The number of hydrogen-bond donors (Lipinski definition) is 0. The number of esters is 2. The average Bonchev–Trinajstić information content (AvgIpc) is 2.98. The fourth-order valence-corrected chi connectivity index (χ4v) is 5.91. The molecule has 0 spiro atoms. The fourth-order valence-electron chi connectivity index (χ4n) is 5.91. The second-order valence-corrected chi connectivity index (χ2v) is 11.6. The van der Waals surface area contributed by atoms with Gasteiger partial charge in [-0.2, -0.15) is 0 Å². The van der Waals surface area contributed by atoms with E-state index in [-0.39, 0.29) is 24.3 Å². The quantitative estimate of drug-likeness (QED) is 0.192. The topological polar surface area (TPSA) is 59.1 Å². The summed E-state index contributed by atoms with van der Waals surface area (Å²) in [6.45, 7) is 9.81. The van der Waals surface area contributed by atoms with Crippen molar-refractivity contribution in [2.75, 3.05) is 39.4 Å². The molecule has 7 heteroatoms. The van der Waals surface area contributed by atoms with Crippen LogP contribution in [0.1, 0.15) is 97.1 Å². The summed E-state index contributed by atoms with van der Waals surface area (Å²) < 4.78 is 11.0. The first-order chi connectivity index (χ1) is 19.5. The van der Waals surface area contributed by atoms with Crippen LogP contribution in [-0.2, 0) is 22.3 Å². The van der Waals surface area contributed by atoms with E-state index in [0.29, 0.717) is 36.4 Å². The highest BCUT2D eigenvalue weighted by Gasteiger charge is 2.19. The highest BCUT2D eigenvalue weighted by atomic mass is 35.5. The number of carbonyl (C=O) groups excluding carboxylic acids is 2. The maximum Gasteiger partial charge on any atom is 0.338 e. The van der Waals surface area contributed by atoms with Gasteiger partial charge in [0.15, 0.2) is 0 Å². The van der Waals surface area contributed by atoms with Gasteiger partial charge in [-0.1, -0.05) is 37.1 Å². The number of piperidine rings is 2. The second-order valence-electron chi connectivity index (χ2n) is 11.6. The number of benzene rings is 2. The summed E-state index contributed by atoms with van der Waals surface area (Å²) in [6, 6.07) is 16.7. The van der Waals surface area contributed by atoms with Crippen molar-refractivity contribution in [2.24, 2.45) is 0 Å². The molecule has 41 heavy (non-hydrogen) atoms. The Hall–Kier alpha value is -2.41. The van der Waals surface area contributed by atoms with E-state index in [1.54, 1.807) is 0 Å². The Kier molecular flexibility index (Phi) is 14.1. The molecule has 2 aliphatic rings. The summed E-state index contributed by atoms with van der Waals surface area (Å²) >= 11 is 0. The molecular weight excluding hydrogens is 536 g/mol. The summed E-state index contributed by atoms with van der Waals surface area (Å²) in [6.07, 6.45) is 11.2. The van der Waals surface area contributed by atoms with Crippen LogP contribution in [0.25, 0.3) is 0 Å². The molecular formula is C34H49ClN2O4. The number of rotatable bonds is 13. The third-order valence-electron chi connectivity index (χ3n) is 8.61. The van der Waals surface area contributed by atoms with Crippen molar-refractivity contribution < 1.29 is 19.1 Å². The van der Waals surface area contributed by atoms with Crippen molar-refractivity contribution in [3.8, 4) is 0 Å². The van der Waals surface area contributed by atoms with E-state index in [1.165, 1.54) is 49.7 Å². The standard InChI is InChI=1S/C34H48N2O4.ClH/c1-27-9-3-5-21-35(27)23-7-25-39-33(37)31-17-13-29(14-18-31)11-12-30-15-19-32(20-16-30)34(38)40-26-8-24-36-22-6-4-10-28(36)2;/h13-20,27-28H,3-12,21-26H2,1-2H3;1H. The summed E-state index contributed by atoms with van der Waals surface area (Å²) in [5.74, 6) is -0.497. The zero-order valence-electron chi connectivity index (χ0n) is 25.0. The highest BCUT2D eigenvalue weighted by molar-refractivity contribution is 5.89. The lowest BCUT2D eigenvalue weighted by Crippen LogP contribution is -2.38. The van der Waals surface area contributed by atoms with Crippen molar-refractivity contribution in [3.63, 3.8) is 0 Å². The zero-order valence-corrected chi connectivity index (χ0v) is 25.8. The predicted molar refractivity (Wildman–Crippen MR) is 167 cm³/mol. The molecule has 0 aromatic heterocycles. The molecule has 2 unspecified atom stereocenters. The molecule has 2 heterocycles. The molecule has 0 amide bonds. The van der Waals surface area contributed by atoms with Gasteiger partial charge in [0.2, 0.25) is 0 Å². The lowest BCUT2D eigenvalue weighted by atomic mass is 10.0. The number of hydrogen-bond acceptors (Lipinski definition) is 6. The van der Waals surface area contributed by atoms with Crippen LogP contribution in [0.15, 0.2) is 48.5 Å². The van der Waals surface area contributed by atoms with Crippen LogP contribution in [0.2, 0.25) is 0 Å². The number of carbonyl (C=O) groups is 2. The van der Waals surface area contributed by atoms with Gasteiger partial charge < -0.3 is 19.3 Å². The average molecular weight is 585 g/mol.